The summed E-state index contributed by atoms with van der Waals surface area (Å²) in [7, 11) is 1.68. The van der Waals surface area contributed by atoms with Gasteiger partial charge in [-0.1, -0.05) is 24.3 Å². The molecule has 1 aromatic carbocycles. The fourth-order valence-electron chi connectivity index (χ4n) is 1.70. The summed E-state index contributed by atoms with van der Waals surface area (Å²) in [6, 6.07) is 7.76. The van der Waals surface area contributed by atoms with Crippen molar-refractivity contribution in [2.45, 2.75) is 12.8 Å². The average Bonchev–Trinajstić information content (AvgIpc) is 2.19. The van der Waals surface area contributed by atoms with Gasteiger partial charge < -0.3 is 0 Å². The summed E-state index contributed by atoms with van der Waals surface area (Å²) < 4.78 is 0. The van der Waals surface area contributed by atoms with E-state index in [2.05, 4.69) is 4.99 Å². The minimum absolute atomic E-state index is 0.101. The fraction of sp³-hybridized carbons (Fsp3) is 0.273. The summed E-state index contributed by atoms with van der Waals surface area (Å²) in [4.78, 5) is 15.7. The lowest BCUT2D eigenvalue weighted by Crippen LogP contribution is -2.22. The zero-order valence-electron chi connectivity index (χ0n) is 7.58. The number of benzene rings is 1. The Morgan fingerprint density at radius 1 is 1.23 bits per heavy atom. The molecule has 2 rings (SSSR count). The Labute approximate surface area is 77.3 Å². The third-order valence-electron chi connectivity index (χ3n) is 2.43. The number of Topliss-reactive ketones (excluding diaryl/α,β-unsaturated/α-hetero) is 1. The molecule has 2 nitrogen and oxygen atoms in total. The van der Waals surface area contributed by atoms with Gasteiger partial charge in [-0.25, -0.2) is 0 Å². The molecule has 66 valence electrons. The highest BCUT2D eigenvalue weighted by Crippen LogP contribution is 2.18. The smallest absolute Gasteiger partial charge is 0.207 e. The van der Waals surface area contributed by atoms with Gasteiger partial charge in [-0.15, -0.1) is 0 Å². The second-order valence-corrected chi connectivity index (χ2v) is 3.16. The molecule has 0 spiro atoms. The van der Waals surface area contributed by atoms with Crippen LogP contribution in [0.2, 0.25) is 0 Å². The van der Waals surface area contributed by atoms with Crippen molar-refractivity contribution in [3.05, 3.63) is 35.4 Å². The van der Waals surface area contributed by atoms with Gasteiger partial charge >= 0.3 is 0 Å². The molecule has 0 saturated carbocycles. The maximum Gasteiger partial charge on any atom is 0.207 e. The number of aliphatic imine (C=N–C) groups is 1. The van der Waals surface area contributed by atoms with Crippen LogP contribution in [0, 0.1) is 0 Å². The predicted octanol–water partition coefficient (Wildman–Crippen LogP) is 1.89. The molecule has 1 aliphatic carbocycles. The van der Waals surface area contributed by atoms with Crippen LogP contribution in [0.5, 0.6) is 0 Å². The van der Waals surface area contributed by atoms with Crippen molar-refractivity contribution >= 4 is 11.5 Å². The molecule has 0 amide bonds. The van der Waals surface area contributed by atoms with Crippen LogP contribution in [0.1, 0.15) is 22.3 Å². The van der Waals surface area contributed by atoms with E-state index in [1.165, 1.54) is 0 Å². The van der Waals surface area contributed by atoms with Gasteiger partial charge in [0.25, 0.3) is 0 Å². The molecular weight excluding hydrogens is 162 g/mol. The highest BCUT2D eigenvalue weighted by atomic mass is 16.1. The molecule has 0 aliphatic heterocycles. The first kappa shape index (κ1) is 8.17. The summed E-state index contributed by atoms with van der Waals surface area (Å²) in [5.41, 5.74) is 2.69. The van der Waals surface area contributed by atoms with Crippen molar-refractivity contribution in [2.75, 3.05) is 7.05 Å². The highest BCUT2D eigenvalue weighted by molar-refractivity contribution is 6.47. The summed E-state index contributed by atoms with van der Waals surface area (Å²) >= 11 is 0. The third-order valence-corrected chi connectivity index (χ3v) is 2.43. The molecule has 1 aliphatic rings. The number of rotatable bonds is 0. The first-order valence-electron chi connectivity index (χ1n) is 4.41. The first-order chi connectivity index (χ1) is 6.33. The number of ketones is 1. The van der Waals surface area contributed by atoms with Crippen molar-refractivity contribution in [3.8, 4) is 0 Å². The number of nitrogens with zero attached hydrogens (tertiary/aromatic N) is 1. The van der Waals surface area contributed by atoms with E-state index in [4.69, 9.17) is 0 Å². The molecule has 0 fully saturated rings. The second kappa shape index (κ2) is 3.13. The summed E-state index contributed by atoms with van der Waals surface area (Å²) in [6.45, 7) is 0. The van der Waals surface area contributed by atoms with Crippen molar-refractivity contribution in [1.82, 2.24) is 0 Å². The Balaban J connectivity index is 2.51. The standard InChI is InChI=1S/C11H11NO/c1-12-10-7-6-8-4-2-3-5-9(8)11(10)13/h2-5H,6-7H2,1H3. The molecule has 0 radical (unpaired) electrons. The topological polar surface area (TPSA) is 29.4 Å². The quantitative estimate of drug-likeness (QED) is 0.589. The van der Waals surface area contributed by atoms with Gasteiger partial charge in [0, 0.05) is 12.6 Å². The van der Waals surface area contributed by atoms with E-state index < -0.39 is 0 Å². The van der Waals surface area contributed by atoms with Gasteiger partial charge in [0.2, 0.25) is 5.78 Å². The molecule has 0 saturated heterocycles. The van der Waals surface area contributed by atoms with Crippen molar-refractivity contribution in [1.29, 1.82) is 0 Å². The van der Waals surface area contributed by atoms with Crippen molar-refractivity contribution < 1.29 is 4.79 Å². The van der Waals surface area contributed by atoms with E-state index in [0.717, 1.165) is 24.0 Å². The Hall–Kier alpha value is -1.44. The number of carbonyl (C=O) groups is 1. The van der Waals surface area contributed by atoms with E-state index in [1.54, 1.807) is 7.05 Å². The van der Waals surface area contributed by atoms with Crippen LogP contribution in [-0.4, -0.2) is 18.5 Å². The monoisotopic (exact) mass is 173 g/mol. The van der Waals surface area contributed by atoms with Gasteiger partial charge in [-0.05, 0) is 18.4 Å². The van der Waals surface area contributed by atoms with E-state index >= 15 is 0 Å². The van der Waals surface area contributed by atoms with Crippen LogP contribution in [0.15, 0.2) is 29.3 Å². The Kier molecular flexibility index (Phi) is 1.97. The number of hydrogen-bond acceptors (Lipinski definition) is 2. The summed E-state index contributed by atoms with van der Waals surface area (Å²) in [6.07, 6.45) is 1.72. The number of aryl methyl sites for hydroxylation is 1. The third kappa shape index (κ3) is 1.28. The lowest BCUT2D eigenvalue weighted by molar-refractivity contribution is 0.106. The molecule has 1 aromatic rings. The molecule has 2 heteroatoms. The van der Waals surface area contributed by atoms with E-state index in [1.807, 2.05) is 24.3 Å². The van der Waals surface area contributed by atoms with E-state index in [0.29, 0.717) is 5.71 Å². The number of hydrogen-bond donors (Lipinski definition) is 0. The van der Waals surface area contributed by atoms with Crippen molar-refractivity contribution in [3.63, 3.8) is 0 Å². The Morgan fingerprint density at radius 2 is 2.00 bits per heavy atom. The van der Waals surface area contributed by atoms with Crippen LogP contribution < -0.4 is 0 Å². The minimum Gasteiger partial charge on any atom is -0.289 e. The highest BCUT2D eigenvalue weighted by Gasteiger charge is 2.21. The Bertz CT molecular complexity index is 379. The van der Waals surface area contributed by atoms with Gasteiger partial charge in [-0.2, -0.15) is 0 Å². The van der Waals surface area contributed by atoms with Crippen LogP contribution in [0.25, 0.3) is 0 Å². The van der Waals surface area contributed by atoms with Gasteiger partial charge in [-0.3, -0.25) is 9.79 Å². The normalized spacial score (nSPS) is 18.8. The van der Waals surface area contributed by atoms with Gasteiger partial charge in [0.1, 0.15) is 0 Å². The molecule has 0 bridgehead atoms. The molecule has 0 heterocycles. The van der Waals surface area contributed by atoms with Crippen LogP contribution in [-0.2, 0) is 6.42 Å². The molecule has 0 unspecified atom stereocenters. The maximum atomic E-state index is 11.7. The minimum atomic E-state index is 0.101. The average molecular weight is 173 g/mol. The van der Waals surface area contributed by atoms with Crippen molar-refractivity contribution in [2.24, 2.45) is 4.99 Å². The Morgan fingerprint density at radius 3 is 2.77 bits per heavy atom. The van der Waals surface area contributed by atoms with Crippen LogP contribution in [0.4, 0.5) is 0 Å². The second-order valence-electron chi connectivity index (χ2n) is 3.16. The lowest BCUT2D eigenvalue weighted by Gasteiger charge is -2.15. The zero-order valence-corrected chi connectivity index (χ0v) is 7.58. The summed E-state index contributed by atoms with van der Waals surface area (Å²) in [5.74, 6) is 0.101. The molecule has 0 N–H and O–H groups in total. The lowest BCUT2D eigenvalue weighted by atomic mass is 9.89. The number of carbonyl (C=O) groups excluding carboxylic acids is 1. The van der Waals surface area contributed by atoms with Gasteiger partial charge in [0.05, 0.1) is 5.71 Å². The number of fused-ring (bicyclic) bond motifs is 1. The molecule has 0 atom stereocenters. The predicted molar refractivity (Wildman–Crippen MR) is 52.5 cm³/mol. The fourth-order valence-corrected chi connectivity index (χ4v) is 1.70. The SMILES string of the molecule is CN=C1CCc2ccccc2C1=O. The molecular formula is C11H11NO. The largest absolute Gasteiger partial charge is 0.289 e. The van der Waals surface area contributed by atoms with E-state index in [9.17, 15) is 4.79 Å². The maximum absolute atomic E-state index is 11.7. The summed E-state index contributed by atoms with van der Waals surface area (Å²) in [5, 5.41) is 0. The van der Waals surface area contributed by atoms with E-state index in [-0.39, 0.29) is 5.78 Å². The van der Waals surface area contributed by atoms with Crippen LogP contribution >= 0.6 is 0 Å². The molecule has 0 aromatic heterocycles. The molecule has 13 heavy (non-hydrogen) atoms. The first-order valence-corrected chi connectivity index (χ1v) is 4.41. The van der Waals surface area contributed by atoms with Gasteiger partial charge in [0.15, 0.2) is 0 Å². The van der Waals surface area contributed by atoms with Crippen LogP contribution in [0.3, 0.4) is 0 Å². The zero-order chi connectivity index (χ0) is 9.26.